The number of carboxylic acids is 1. The second-order valence-electron chi connectivity index (χ2n) is 7.06. The van der Waals surface area contributed by atoms with Crippen LogP contribution in [-0.2, 0) is 30.9 Å². The zero-order chi connectivity index (χ0) is 29.3. The van der Waals surface area contributed by atoms with Gasteiger partial charge in [-0.15, -0.1) is 0 Å². The predicted octanol–water partition coefficient (Wildman–Crippen LogP) is 1.50. The number of amides is 1. The van der Waals surface area contributed by atoms with Gasteiger partial charge in [0.25, 0.3) is 15.6 Å². The molecule has 8 N–H and O–H groups in total. The second-order valence-corrected chi connectivity index (χ2v) is 9.55. The number of aryl methyl sites for hydroxylation is 1. The van der Waals surface area contributed by atoms with E-state index in [1.807, 2.05) is 0 Å². The van der Waals surface area contributed by atoms with Crippen LogP contribution in [0.15, 0.2) is 34.0 Å². The lowest BCUT2D eigenvalue weighted by Crippen LogP contribution is -2.35. The highest BCUT2D eigenvalue weighted by Gasteiger charge is 2.38. The second kappa shape index (κ2) is 13.8. The molecule has 0 bridgehead atoms. The van der Waals surface area contributed by atoms with Gasteiger partial charge in [-0.25, -0.2) is 18.7 Å². The van der Waals surface area contributed by atoms with Crippen molar-refractivity contribution in [1.29, 1.82) is 5.41 Å². The summed E-state index contributed by atoms with van der Waals surface area (Å²) in [7, 11) is -4.18. The van der Waals surface area contributed by atoms with Crippen molar-refractivity contribution in [3.05, 3.63) is 55.9 Å². The average Bonchev–Trinajstić information content (AvgIpc) is 2.77. The van der Waals surface area contributed by atoms with Crippen LogP contribution in [0.3, 0.4) is 0 Å². The molecule has 38 heavy (non-hydrogen) atoms. The lowest BCUT2D eigenvalue weighted by Gasteiger charge is -2.13. The number of sulfonamides is 1. The van der Waals surface area contributed by atoms with E-state index in [4.69, 9.17) is 49.1 Å². The molecule has 0 radical (unpaired) electrons. The first-order chi connectivity index (χ1) is 17.4. The standard InChI is InChI=1S/C17H20Cl2N6O5S.C2HF3O2/c1-9-6-10(7-14(26)22-4-5-30-24-17(20)21)15(16(27)23-9)25-31(28,29)11-2-3-12(18)13(19)8-11;3-2(4,5)1(6)7/h2-3,6,8,25H,4-5,7H2,1H3,(H,22,26)(H,23,27)(H4,20,21,24);(H,6,7). The Kier molecular flexibility index (Phi) is 11.8. The maximum Gasteiger partial charge on any atom is 0.490 e. The van der Waals surface area contributed by atoms with Crippen LogP contribution in [0.5, 0.6) is 0 Å². The zero-order valence-corrected chi connectivity index (χ0v) is 21.5. The maximum absolute atomic E-state index is 12.7. The molecule has 1 heterocycles. The van der Waals surface area contributed by atoms with Crippen molar-refractivity contribution in [2.24, 2.45) is 5.73 Å². The number of carbonyl (C=O) groups excluding carboxylic acids is 1. The number of benzene rings is 1. The normalized spacial score (nSPS) is 11.1. The minimum absolute atomic E-state index is 0.0243. The van der Waals surface area contributed by atoms with E-state index in [-0.39, 0.29) is 51.7 Å². The molecule has 0 fully saturated rings. The number of rotatable bonds is 9. The fourth-order valence-electron chi connectivity index (χ4n) is 2.45. The summed E-state index contributed by atoms with van der Waals surface area (Å²) in [6, 6.07) is 5.19. The number of nitrogens with two attached hydrogens (primary N) is 1. The van der Waals surface area contributed by atoms with Gasteiger partial charge in [0, 0.05) is 12.2 Å². The quantitative estimate of drug-likeness (QED) is 0.0953. The summed E-state index contributed by atoms with van der Waals surface area (Å²) in [5.74, 6) is -3.62. The smallest absolute Gasteiger partial charge is 0.475 e. The molecule has 1 aromatic carbocycles. The van der Waals surface area contributed by atoms with Crippen molar-refractivity contribution in [3.8, 4) is 0 Å². The van der Waals surface area contributed by atoms with Crippen LogP contribution in [0, 0.1) is 12.3 Å². The van der Waals surface area contributed by atoms with Crippen molar-refractivity contribution < 1.29 is 41.1 Å². The van der Waals surface area contributed by atoms with Crippen LogP contribution in [0.4, 0.5) is 18.9 Å². The summed E-state index contributed by atoms with van der Waals surface area (Å²) < 4.78 is 59.4. The van der Waals surface area contributed by atoms with Gasteiger partial charge in [-0.1, -0.05) is 23.2 Å². The molecule has 0 aliphatic heterocycles. The number of aromatic nitrogens is 1. The third-order valence-electron chi connectivity index (χ3n) is 3.99. The van der Waals surface area contributed by atoms with Crippen LogP contribution >= 0.6 is 23.2 Å². The van der Waals surface area contributed by atoms with Gasteiger partial charge in [-0.2, -0.15) is 13.2 Å². The van der Waals surface area contributed by atoms with E-state index >= 15 is 0 Å². The number of nitrogens with one attached hydrogen (secondary N) is 5. The van der Waals surface area contributed by atoms with Crippen molar-refractivity contribution in [2.75, 3.05) is 17.9 Å². The highest BCUT2D eigenvalue weighted by Crippen LogP contribution is 2.26. The van der Waals surface area contributed by atoms with Crippen molar-refractivity contribution in [2.45, 2.75) is 24.4 Å². The van der Waals surface area contributed by atoms with Crippen LogP contribution in [0.25, 0.3) is 0 Å². The van der Waals surface area contributed by atoms with E-state index < -0.39 is 33.6 Å². The van der Waals surface area contributed by atoms with Gasteiger partial charge in [-0.05, 0) is 36.8 Å². The molecule has 1 aromatic heterocycles. The van der Waals surface area contributed by atoms with Gasteiger partial charge in [0.1, 0.15) is 5.69 Å². The molecule has 0 unspecified atom stereocenters. The molecular weight excluding hydrogens is 584 g/mol. The first-order valence-corrected chi connectivity index (χ1v) is 12.2. The third kappa shape index (κ3) is 10.8. The number of alkyl halides is 3. The van der Waals surface area contributed by atoms with Gasteiger partial charge in [0.05, 0.1) is 28.0 Å². The number of carbonyl (C=O) groups is 2. The minimum atomic E-state index is -5.08. The minimum Gasteiger partial charge on any atom is -0.475 e. The fraction of sp³-hybridized carbons (Fsp3) is 0.263. The van der Waals surface area contributed by atoms with Gasteiger partial charge in [0.2, 0.25) is 11.9 Å². The van der Waals surface area contributed by atoms with Gasteiger partial charge in [-0.3, -0.25) is 24.6 Å². The molecule has 0 aliphatic carbocycles. The lowest BCUT2D eigenvalue weighted by molar-refractivity contribution is -0.192. The largest absolute Gasteiger partial charge is 0.490 e. The Morgan fingerprint density at radius 2 is 1.82 bits per heavy atom. The number of aromatic amines is 1. The molecule has 0 aliphatic rings. The Labute approximate surface area is 223 Å². The van der Waals surface area contributed by atoms with E-state index in [9.17, 15) is 31.2 Å². The van der Waals surface area contributed by atoms with Gasteiger partial charge in [0.15, 0.2) is 0 Å². The Morgan fingerprint density at radius 3 is 2.34 bits per heavy atom. The summed E-state index contributed by atoms with van der Waals surface area (Å²) in [5, 5.41) is 16.8. The van der Waals surface area contributed by atoms with Crippen LogP contribution in [-0.4, -0.2) is 55.7 Å². The summed E-state index contributed by atoms with van der Waals surface area (Å²) in [6.45, 7) is 1.71. The molecule has 0 saturated carbocycles. The SMILES string of the molecule is Cc1cc(CC(=O)NCCONC(=N)N)c(NS(=O)(=O)c2ccc(Cl)c(Cl)c2)c(=O)[nH]1.O=C(O)C(F)(F)F. The molecule has 19 heteroatoms. The average molecular weight is 605 g/mol. The summed E-state index contributed by atoms with van der Waals surface area (Å²) in [4.78, 5) is 40.6. The van der Waals surface area contributed by atoms with Crippen LogP contribution in [0.2, 0.25) is 10.0 Å². The van der Waals surface area contributed by atoms with E-state index in [0.717, 1.165) is 6.07 Å². The number of aliphatic carboxylic acids is 1. The fourth-order valence-corrected chi connectivity index (χ4v) is 3.94. The number of anilines is 1. The number of hydroxylamine groups is 1. The number of guanidine groups is 1. The molecule has 0 spiro atoms. The summed E-state index contributed by atoms with van der Waals surface area (Å²) in [6.07, 6.45) is -5.36. The molecule has 13 nitrogen and oxygen atoms in total. The molecular formula is C19H21Cl2F3N6O7S. The highest BCUT2D eigenvalue weighted by atomic mass is 35.5. The van der Waals surface area contributed by atoms with Crippen molar-refractivity contribution in [3.63, 3.8) is 0 Å². The first-order valence-electron chi connectivity index (χ1n) is 9.93. The van der Waals surface area contributed by atoms with E-state index in [1.54, 1.807) is 6.92 Å². The topological polar surface area (TPSA) is 217 Å². The monoisotopic (exact) mass is 604 g/mol. The number of hydrogen-bond acceptors (Lipinski definition) is 7. The summed E-state index contributed by atoms with van der Waals surface area (Å²) in [5.41, 5.74) is 6.78. The van der Waals surface area contributed by atoms with Crippen molar-refractivity contribution >= 4 is 56.7 Å². The predicted molar refractivity (Wildman–Crippen MR) is 130 cm³/mol. The van der Waals surface area contributed by atoms with E-state index in [2.05, 4.69) is 20.5 Å². The van der Waals surface area contributed by atoms with Gasteiger partial charge < -0.3 is 21.1 Å². The van der Waals surface area contributed by atoms with Crippen molar-refractivity contribution in [1.82, 2.24) is 15.8 Å². The maximum atomic E-state index is 12.7. The van der Waals surface area contributed by atoms with Gasteiger partial charge >= 0.3 is 12.1 Å². The van der Waals surface area contributed by atoms with Crippen LogP contribution in [0.1, 0.15) is 11.3 Å². The Hall–Kier alpha value is -3.54. The Morgan fingerprint density at radius 1 is 1.21 bits per heavy atom. The van der Waals surface area contributed by atoms with Crippen LogP contribution < -0.4 is 26.8 Å². The number of hydrogen-bond donors (Lipinski definition) is 7. The summed E-state index contributed by atoms with van der Waals surface area (Å²) >= 11 is 11.7. The highest BCUT2D eigenvalue weighted by molar-refractivity contribution is 7.92. The molecule has 2 aromatic rings. The third-order valence-corrected chi connectivity index (χ3v) is 6.08. The number of H-pyrrole nitrogens is 1. The molecule has 210 valence electrons. The molecule has 0 atom stereocenters. The first kappa shape index (κ1) is 32.5. The van der Waals surface area contributed by atoms with E-state index in [1.165, 1.54) is 18.2 Å². The number of carboxylic acid groups (broad SMARTS) is 1. The number of halogens is 5. The number of pyridine rings is 1. The lowest BCUT2D eigenvalue weighted by atomic mass is 10.1. The Bertz CT molecular complexity index is 1350. The zero-order valence-electron chi connectivity index (χ0n) is 19.2. The Balaban J connectivity index is 0.000000905. The molecule has 1 amide bonds. The molecule has 0 saturated heterocycles. The van der Waals surface area contributed by atoms with E-state index in [0.29, 0.717) is 5.69 Å². The molecule has 2 rings (SSSR count).